The van der Waals surface area contributed by atoms with Crippen molar-refractivity contribution in [3.8, 4) is 5.75 Å². The molecule has 0 fully saturated rings. The summed E-state index contributed by atoms with van der Waals surface area (Å²) in [5.41, 5.74) is -0.154. The van der Waals surface area contributed by atoms with Gasteiger partial charge in [-0.2, -0.15) is 0 Å². The molecule has 0 unspecified atom stereocenters. The molecule has 0 saturated heterocycles. The molecule has 1 aliphatic heterocycles. The third kappa shape index (κ3) is 2.00. The van der Waals surface area contributed by atoms with Crippen molar-refractivity contribution in [2.75, 3.05) is 7.11 Å². The maximum atomic E-state index is 13.2. The molecule has 0 aromatic heterocycles. The smallest absolute Gasteiger partial charge is 0.252 e. The molecule has 5 heteroatoms. The molecule has 0 atom stereocenters. The van der Waals surface area contributed by atoms with Crippen LogP contribution in [0.1, 0.15) is 19.4 Å². The molecule has 17 heavy (non-hydrogen) atoms. The predicted octanol–water partition coefficient (Wildman–Crippen LogP) is 1.49. The van der Waals surface area contributed by atoms with Gasteiger partial charge in [-0.25, -0.2) is 4.39 Å². The molecule has 4 nitrogen and oxygen atoms in total. The summed E-state index contributed by atoms with van der Waals surface area (Å²) in [6.45, 7) is 3.44. The average molecular weight is 236 g/mol. The van der Waals surface area contributed by atoms with Gasteiger partial charge in [0.25, 0.3) is 5.91 Å². The molecular weight excluding hydrogens is 223 g/mol. The zero-order valence-electron chi connectivity index (χ0n) is 9.87. The van der Waals surface area contributed by atoms with E-state index in [4.69, 9.17) is 4.74 Å². The molecule has 1 N–H and O–H groups in total. The molecule has 90 valence electrons. The Kier molecular flexibility index (Phi) is 2.61. The van der Waals surface area contributed by atoms with Crippen molar-refractivity contribution < 1.29 is 13.9 Å². The molecular formula is C12H13FN2O2. The highest BCUT2D eigenvalue weighted by molar-refractivity contribution is 6.15. The number of aliphatic imine (C=N–C) groups is 1. The topological polar surface area (TPSA) is 50.7 Å². The van der Waals surface area contributed by atoms with Gasteiger partial charge in [0, 0.05) is 5.56 Å². The maximum absolute atomic E-state index is 13.2. The van der Waals surface area contributed by atoms with Gasteiger partial charge in [-0.3, -0.25) is 9.79 Å². The number of ether oxygens (including phenoxy) is 1. The zero-order chi connectivity index (χ0) is 12.6. The summed E-state index contributed by atoms with van der Waals surface area (Å²) in [7, 11) is 1.39. The van der Waals surface area contributed by atoms with Crippen molar-refractivity contribution in [1.29, 1.82) is 0 Å². The predicted molar refractivity (Wildman–Crippen MR) is 61.7 cm³/mol. The third-order valence-corrected chi connectivity index (χ3v) is 2.60. The Balaban J connectivity index is 2.40. The summed E-state index contributed by atoms with van der Waals surface area (Å²) in [5, 5.41) is 2.66. The molecule has 0 saturated carbocycles. The lowest BCUT2D eigenvalue weighted by atomic mass is 10.1. The zero-order valence-corrected chi connectivity index (χ0v) is 9.87. The van der Waals surface area contributed by atoms with Crippen LogP contribution in [0.3, 0.4) is 0 Å². The molecule has 1 aromatic carbocycles. The van der Waals surface area contributed by atoms with Gasteiger partial charge in [0.15, 0.2) is 11.6 Å². The summed E-state index contributed by atoms with van der Waals surface area (Å²) in [6.07, 6.45) is 0. The summed E-state index contributed by atoms with van der Waals surface area (Å²) in [4.78, 5) is 15.8. The van der Waals surface area contributed by atoms with Crippen LogP contribution >= 0.6 is 0 Å². The summed E-state index contributed by atoms with van der Waals surface area (Å²) < 4.78 is 18.1. The normalized spacial score (nSPS) is 17.6. The van der Waals surface area contributed by atoms with Gasteiger partial charge >= 0.3 is 0 Å². The van der Waals surface area contributed by atoms with E-state index in [0.717, 1.165) is 0 Å². The molecule has 1 aliphatic rings. The number of halogens is 1. The number of methoxy groups -OCH3 is 1. The SMILES string of the molecule is COc1cc(C2=NC(C)(C)C(=O)N2)ccc1F. The number of amidine groups is 1. The number of hydrogen-bond donors (Lipinski definition) is 1. The first-order valence-electron chi connectivity index (χ1n) is 5.19. The lowest BCUT2D eigenvalue weighted by molar-refractivity contribution is -0.122. The van der Waals surface area contributed by atoms with E-state index < -0.39 is 11.4 Å². The fraction of sp³-hybridized carbons (Fsp3) is 0.333. The van der Waals surface area contributed by atoms with Gasteiger partial charge in [0.05, 0.1) is 7.11 Å². The summed E-state index contributed by atoms with van der Waals surface area (Å²) >= 11 is 0. The first kappa shape index (κ1) is 11.6. The van der Waals surface area contributed by atoms with Crippen LogP contribution in [0.25, 0.3) is 0 Å². The Hall–Kier alpha value is -1.91. The highest BCUT2D eigenvalue weighted by atomic mass is 19.1. The minimum atomic E-state index is -0.781. The molecule has 0 aliphatic carbocycles. The van der Waals surface area contributed by atoms with Crippen LogP contribution in [0.2, 0.25) is 0 Å². The number of benzene rings is 1. The van der Waals surface area contributed by atoms with Crippen LogP contribution in [-0.2, 0) is 4.79 Å². The molecule has 1 amide bonds. The monoisotopic (exact) mass is 236 g/mol. The van der Waals surface area contributed by atoms with Crippen LogP contribution in [0.4, 0.5) is 4.39 Å². The van der Waals surface area contributed by atoms with E-state index >= 15 is 0 Å². The lowest BCUT2D eigenvalue weighted by Gasteiger charge is -2.07. The molecule has 0 spiro atoms. The molecule has 1 heterocycles. The second-order valence-electron chi connectivity index (χ2n) is 4.32. The highest BCUT2D eigenvalue weighted by Crippen LogP contribution is 2.22. The number of rotatable bonds is 2. The second kappa shape index (κ2) is 3.84. The van der Waals surface area contributed by atoms with E-state index in [2.05, 4.69) is 10.3 Å². The average Bonchev–Trinajstić information content (AvgIpc) is 2.54. The van der Waals surface area contributed by atoms with Gasteiger partial charge in [-0.1, -0.05) is 0 Å². The van der Waals surface area contributed by atoms with Crippen LogP contribution in [0, 0.1) is 5.82 Å². The first-order chi connectivity index (χ1) is 7.94. The largest absolute Gasteiger partial charge is 0.494 e. The van der Waals surface area contributed by atoms with Gasteiger partial charge in [0.2, 0.25) is 0 Å². The van der Waals surface area contributed by atoms with Gasteiger partial charge in [-0.15, -0.1) is 0 Å². The fourth-order valence-electron chi connectivity index (χ4n) is 1.56. The quantitative estimate of drug-likeness (QED) is 0.845. The van der Waals surface area contributed by atoms with Crippen LogP contribution in [-0.4, -0.2) is 24.4 Å². The number of nitrogens with one attached hydrogen (secondary N) is 1. The van der Waals surface area contributed by atoms with Crippen LogP contribution < -0.4 is 10.1 Å². The Labute approximate surface area is 98.5 Å². The summed E-state index contributed by atoms with van der Waals surface area (Å²) in [5.74, 6) is -0.0429. The van der Waals surface area contributed by atoms with Crippen molar-refractivity contribution in [3.63, 3.8) is 0 Å². The van der Waals surface area contributed by atoms with E-state index in [1.807, 2.05) is 0 Å². The molecule has 1 aromatic rings. The van der Waals surface area contributed by atoms with Crippen LogP contribution in [0.5, 0.6) is 5.75 Å². The Morgan fingerprint density at radius 1 is 1.41 bits per heavy atom. The van der Waals surface area contributed by atoms with Gasteiger partial charge < -0.3 is 10.1 Å². The van der Waals surface area contributed by atoms with E-state index in [9.17, 15) is 9.18 Å². The van der Waals surface area contributed by atoms with E-state index in [1.165, 1.54) is 19.2 Å². The number of nitrogens with zero attached hydrogens (tertiary/aromatic N) is 1. The minimum Gasteiger partial charge on any atom is -0.494 e. The fourth-order valence-corrected chi connectivity index (χ4v) is 1.56. The van der Waals surface area contributed by atoms with Crippen molar-refractivity contribution in [3.05, 3.63) is 29.6 Å². The van der Waals surface area contributed by atoms with Crippen molar-refractivity contribution in [2.45, 2.75) is 19.4 Å². The standard InChI is InChI=1S/C12H13FN2O2/c1-12(2)11(16)14-10(15-12)7-4-5-8(13)9(6-7)17-3/h4-6H,1-3H3,(H,14,15,16). The number of amides is 1. The second-order valence-corrected chi connectivity index (χ2v) is 4.32. The molecule has 0 radical (unpaired) electrons. The van der Waals surface area contributed by atoms with Gasteiger partial charge in [-0.05, 0) is 32.0 Å². The van der Waals surface area contributed by atoms with E-state index in [-0.39, 0.29) is 11.7 Å². The molecule has 0 bridgehead atoms. The third-order valence-electron chi connectivity index (χ3n) is 2.60. The number of carbonyl (C=O) groups is 1. The van der Waals surface area contributed by atoms with Crippen molar-refractivity contribution in [1.82, 2.24) is 5.32 Å². The number of hydrogen-bond acceptors (Lipinski definition) is 3. The van der Waals surface area contributed by atoms with Crippen molar-refractivity contribution >= 4 is 11.7 Å². The van der Waals surface area contributed by atoms with E-state index in [0.29, 0.717) is 11.4 Å². The first-order valence-corrected chi connectivity index (χ1v) is 5.19. The van der Waals surface area contributed by atoms with E-state index in [1.54, 1.807) is 19.9 Å². The Morgan fingerprint density at radius 2 is 2.12 bits per heavy atom. The molecule has 2 rings (SSSR count). The minimum absolute atomic E-state index is 0.129. The van der Waals surface area contributed by atoms with Gasteiger partial charge in [0.1, 0.15) is 11.4 Å². The maximum Gasteiger partial charge on any atom is 0.252 e. The lowest BCUT2D eigenvalue weighted by Crippen LogP contribution is -2.34. The van der Waals surface area contributed by atoms with Crippen LogP contribution in [0.15, 0.2) is 23.2 Å². The highest BCUT2D eigenvalue weighted by Gasteiger charge is 2.34. The Morgan fingerprint density at radius 3 is 2.65 bits per heavy atom. The Bertz CT molecular complexity index is 509. The number of carbonyl (C=O) groups excluding carboxylic acids is 1. The van der Waals surface area contributed by atoms with Crippen molar-refractivity contribution in [2.24, 2.45) is 4.99 Å². The summed E-state index contributed by atoms with van der Waals surface area (Å²) in [6, 6.07) is 4.35.